The molecule has 5 heteroatoms. The van der Waals surface area contributed by atoms with E-state index in [2.05, 4.69) is 19.2 Å². The number of ketones is 1. The van der Waals surface area contributed by atoms with Crippen LogP contribution >= 0.6 is 0 Å². The van der Waals surface area contributed by atoms with Crippen molar-refractivity contribution in [2.45, 2.75) is 39.7 Å². The number of carbonyl (C=O) groups excluding carboxylic acids is 2. The number of nitrogens with one attached hydrogen (secondary N) is 1. The topological polar surface area (TPSA) is 58.6 Å². The molecule has 128 valence electrons. The first-order chi connectivity index (χ1) is 11.3. The van der Waals surface area contributed by atoms with Gasteiger partial charge in [0.2, 0.25) is 0 Å². The number of Topliss-reactive ketones (excluding diaryl/α,β-unsaturated/α-hetero) is 1. The fourth-order valence-corrected chi connectivity index (χ4v) is 3.71. The van der Waals surface area contributed by atoms with Crippen molar-refractivity contribution in [2.24, 2.45) is 5.41 Å². The number of hydrogen-bond donors (Lipinski definition) is 1. The van der Waals surface area contributed by atoms with Crippen molar-refractivity contribution >= 4 is 23.1 Å². The number of esters is 1. The zero-order valence-corrected chi connectivity index (χ0v) is 14.7. The van der Waals surface area contributed by atoms with Crippen LogP contribution in [0.2, 0.25) is 0 Å². The highest BCUT2D eigenvalue weighted by Gasteiger charge is 2.39. The number of nitrogens with zero attached hydrogens (tertiary/aromatic N) is 1. The monoisotopic (exact) mass is 328 g/mol. The minimum absolute atomic E-state index is 0.0604. The highest BCUT2D eigenvalue weighted by molar-refractivity contribution is 6.01. The van der Waals surface area contributed by atoms with Crippen molar-refractivity contribution in [3.8, 4) is 0 Å². The largest absolute Gasteiger partial charge is 0.468 e. The summed E-state index contributed by atoms with van der Waals surface area (Å²) in [6.07, 6.45) is 1.35. The number of benzene rings is 1. The van der Waals surface area contributed by atoms with Crippen molar-refractivity contribution in [3.05, 3.63) is 35.5 Å². The molecule has 1 aromatic carbocycles. The van der Waals surface area contributed by atoms with Crippen LogP contribution < -0.4 is 10.2 Å². The molecule has 1 heterocycles. The van der Waals surface area contributed by atoms with Gasteiger partial charge in [-0.15, -0.1) is 0 Å². The van der Waals surface area contributed by atoms with Crippen molar-refractivity contribution in [1.82, 2.24) is 0 Å². The first-order valence-electron chi connectivity index (χ1n) is 8.28. The van der Waals surface area contributed by atoms with Crippen LogP contribution in [0.3, 0.4) is 0 Å². The molecular formula is C19H24N2O3. The van der Waals surface area contributed by atoms with Crippen LogP contribution in [0.1, 0.15) is 33.6 Å². The summed E-state index contributed by atoms with van der Waals surface area (Å²) in [4.78, 5) is 26.7. The lowest BCUT2D eigenvalue weighted by atomic mass is 9.74. The Balaban J connectivity index is 2.10. The summed E-state index contributed by atoms with van der Waals surface area (Å²) in [7, 11) is 1.38. The number of fused-ring (bicyclic) bond motifs is 1. The molecule has 1 aliphatic carbocycles. The maximum absolute atomic E-state index is 12.8. The predicted molar refractivity (Wildman–Crippen MR) is 93.9 cm³/mol. The van der Waals surface area contributed by atoms with E-state index in [1.807, 2.05) is 36.1 Å². The average Bonchev–Trinajstić information content (AvgIpc) is 2.61. The highest BCUT2D eigenvalue weighted by atomic mass is 16.5. The van der Waals surface area contributed by atoms with E-state index in [4.69, 9.17) is 4.74 Å². The molecule has 1 aliphatic heterocycles. The summed E-state index contributed by atoms with van der Waals surface area (Å²) in [6, 6.07) is 7.66. The third kappa shape index (κ3) is 2.90. The van der Waals surface area contributed by atoms with E-state index in [1.54, 1.807) is 0 Å². The van der Waals surface area contributed by atoms with E-state index in [0.717, 1.165) is 29.1 Å². The predicted octanol–water partition coefficient (Wildman–Crippen LogP) is 3.12. The van der Waals surface area contributed by atoms with E-state index in [0.29, 0.717) is 6.42 Å². The van der Waals surface area contributed by atoms with Gasteiger partial charge >= 0.3 is 5.97 Å². The van der Waals surface area contributed by atoms with Gasteiger partial charge in [0, 0.05) is 17.7 Å². The molecule has 1 unspecified atom stereocenters. The average molecular weight is 328 g/mol. The lowest BCUT2D eigenvalue weighted by Gasteiger charge is -2.35. The van der Waals surface area contributed by atoms with Crippen LogP contribution in [0.4, 0.5) is 11.4 Å². The molecule has 5 nitrogen and oxygen atoms in total. The van der Waals surface area contributed by atoms with Crippen LogP contribution in [0.5, 0.6) is 0 Å². The molecule has 0 bridgehead atoms. The molecule has 0 fully saturated rings. The summed E-state index contributed by atoms with van der Waals surface area (Å²) >= 11 is 0. The molecule has 1 N–H and O–H groups in total. The molecule has 1 aromatic rings. The fourth-order valence-electron chi connectivity index (χ4n) is 3.71. The molecule has 0 saturated heterocycles. The Morgan fingerprint density at radius 3 is 2.75 bits per heavy atom. The molecule has 0 spiro atoms. The van der Waals surface area contributed by atoms with Gasteiger partial charge in [0.1, 0.15) is 6.54 Å². The van der Waals surface area contributed by atoms with Crippen LogP contribution in [0, 0.1) is 5.41 Å². The SMILES string of the molecule is COC(=O)CN1c2ccccc2NC2=C(C(=O)CC(C)(C)C2)C1C. The smallest absolute Gasteiger partial charge is 0.325 e. The number of para-hydroxylation sites is 2. The van der Waals surface area contributed by atoms with Crippen molar-refractivity contribution in [1.29, 1.82) is 0 Å². The third-order valence-electron chi connectivity index (χ3n) is 4.83. The van der Waals surface area contributed by atoms with Crippen LogP contribution in [-0.2, 0) is 14.3 Å². The van der Waals surface area contributed by atoms with Crippen LogP contribution in [-0.4, -0.2) is 31.4 Å². The number of anilines is 2. The highest BCUT2D eigenvalue weighted by Crippen LogP contribution is 2.43. The van der Waals surface area contributed by atoms with E-state index >= 15 is 0 Å². The van der Waals surface area contributed by atoms with Gasteiger partial charge in [-0.25, -0.2) is 0 Å². The van der Waals surface area contributed by atoms with Crippen molar-refractivity contribution in [2.75, 3.05) is 23.9 Å². The third-order valence-corrected chi connectivity index (χ3v) is 4.83. The maximum Gasteiger partial charge on any atom is 0.325 e. The molecule has 0 aromatic heterocycles. The first-order valence-corrected chi connectivity index (χ1v) is 8.28. The van der Waals surface area contributed by atoms with Gasteiger partial charge < -0.3 is 15.0 Å². The molecule has 1 atom stereocenters. The van der Waals surface area contributed by atoms with Crippen LogP contribution in [0.15, 0.2) is 35.5 Å². The Kier molecular flexibility index (Phi) is 4.11. The second kappa shape index (κ2) is 5.96. The maximum atomic E-state index is 12.8. The summed E-state index contributed by atoms with van der Waals surface area (Å²) in [5.41, 5.74) is 3.53. The normalized spacial score (nSPS) is 22.2. The Morgan fingerprint density at radius 1 is 1.33 bits per heavy atom. The Hall–Kier alpha value is -2.30. The minimum Gasteiger partial charge on any atom is -0.468 e. The zero-order valence-electron chi connectivity index (χ0n) is 14.7. The number of ether oxygens (including phenoxy) is 1. The molecule has 3 rings (SSSR count). The van der Waals surface area contributed by atoms with Gasteiger partial charge in [0.15, 0.2) is 5.78 Å². The van der Waals surface area contributed by atoms with Crippen molar-refractivity contribution < 1.29 is 14.3 Å². The number of methoxy groups -OCH3 is 1. The molecular weight excluding hydrogens is 304 g/mol. The van der Waals surface area contributed by atoms with E-state index < -0.39 is 0 Å². The van der Waals surface area contributed by atoms with Crippen LogP contribution in [0.25, 0.3) is 0 Å². The molecule has 0 radical (unpaired) electrons. The fraction of sp³-hybridized carbons (Fsp3) is 0.474. The standard InChI is InChI=1S/C19H24N2O3/c1-12-18-14(9-19(2,3)10-16(18)22)20-13-7-5-6-8-15(13)21(12)11-17(23)24-4/h5-8,12,20H,9-11H2,1-4H3. The van der Waals surface area contributed by atoms with Gasteiger partial charge in [-0.2, -0.15) is 0 Å². The summed E-state index contributed by atoms with van der Waals surface area (Å²) in [5, 5.41) is 3.46. The van der Waals surface area contributed by atoms with Gasteiger partial charge in [0.25, 0.3) is 0 Å². The van der Waals surface area contributed by atoms with E-state index in [9.17, 15) is 9.59 Å². The lowest BCUT2D eigenvalue weighted by molar-refractivity contribution is -0.139. The molecule has 0 amide bonds. The van der Waals surface area contributed by atoms with E-state index in [-0.39, 0.29) is 29.8 Å². The first kappa shape index (κ1) is 16.6. The zero-order chi connectivity index (χ0) is 17.5. The number of hydrogen-bond acceptors (Lipinski definition) is 5. The second-order valence-electron chi connectivity index (χ2n) is 7.36. The Labute approximate surface area is 142 Å². The molecule has 24 heavy (non-hydrogen) atoms. The van der Waals surface area contributed by atoms with Gasteiger partial charge in [-0.05, 0) is 30.9 Å². The van der Waals surface area contributed by atoms with Gasteiger partial charge in [-0.3, -0.25) is 9.59 Å². The molecule has 0 saturated carbocycles. The second-order valence-corrected chi connectivity index (χ2v) is 7.36. The van der Waals surface area contributed by atoms with Gasteiger partial charge in [0.05, 0.1) is 24.5 Å². The summed E-state index contributed by atoms with van der Waals surface area (Å²) in [6.45, 7) is 6.33. The minimum atomic E-state index is -0.315. The Morgan fingerprint density at radius 2 is 2.04 bits per heavy atom. The Bertz CT molecular complexity index is 721. The molecule has 2 aliphatic rings. The quantitative estimate of drug-likeness (QED) is 0.845. The number of carbonyl (C=O) groups is 2. The number of allylic oxidation sites excluding steroid dienone is 1. The van der Waals surface area contributed by atoms with Gasteiger partial charge in [-0.1, -0.05) is 26.0 Å². The summed E-state index contributed by atoms with van der Waals surface area (Å²) < 4.78 is 4.85. The number of rotatable bonds is 2. The summed E-state index contributed by atoms with van der Waals surface area (Å²) in [5.74, 6) is -0.159. The lowest BCUT2D eigenvalue weighted by Crippen LogP contribution is -2.42. The van der Waals surface area contributed by atoms with Crippen molar-refractivity contribution in [3.63, 3.8) is 0 Å². The van der Waals surface area contributed by atoms with E-state index in [1.165, 1.54) is 7.11 Å².